The van der Waals surface area contributed by atoms with Gasteiger partial charge in [-0.3, -0.25) is 14.3 Å². The molecule has 2 N–H and O–H groups in total. The maximum absolute atomic E-state index is 12.9. The Balaban J connectivity index is 1.25. The van der Waals surface area contributed by atoms with Gasteiger partial charge in [-0.05, 0) is 60.7 Å². The molecule has 0 spiro atoms. The minimum Gasteiger partial charge on any atom is -0.351 e. The Labute approximate surface area is 223 Å². The number of rotatable bonds is 7. The molecule has 5 rings (SSSR count). The Kier molecular flexibility index (Phi) is 6.88. The number of nitrogens with one attached hydrogen (secondary N) is 2. The molecule has 1 aliphatic carbocycles. The van der Waals surface area contributed by atoms with E-state index in [4.69, 9.17) is 11.6 Å². The molecule has 0 bridgehead atoms. The second-order valence-electron chi connectivity index (χ2n) is 8.09. The number of benzene rings is 4. The molecule has 0 radical (unpaired) electrons. The highest BCUT2D eigenvalue weighted by Gasteiger charge is 2.31. The molecular weight excluding hydrogens is 528 g/mol. The average Bonchev–Trinajstić information content (AvgIpc) is 2.92. The van der Waals surface area contributed by atoms with Crippen molar-refractivity contribution in [3.05, 3.63) is 125 Å². The molecule has 0 heterocycles. The van der Waals surface area contributed by atoms with Crippen molar-refractivity contribution in [1.82, 2.24) is 0 Å². The van der Waals surface area contributed by atoms with E-state index in [0.717, 1.165) is 9.79 Å². The molecule has 0 atom stereocenters. The lowest BCUT2D eigenvalue weighted by Gasteiger charge is -2.19. The van der Waals surface area contributed by atoms with Crippen LogP contribution in [-0.4, -0.2) is 20.0 Å². The highest BCUT2D eigenvalue weighted by Crippen LogP contribution is 2.32. The zero-order valence-corrected chi connectivity index (χ0v) is 21.5. The second kappa shape index (κ2) is 10.3. The molecule has 0 aromatic heterocycles. The maximum atomic E-state index is 12.9. The van der Waals surface area contributed by atoms with Gasteiger partial charge in [0.15, 0.2) is 0 Å². The second-order valence-corrected chi connectivity index (χ2v) is 11.3. The van der Waals surface area contributed by atoms with E-state index < -0.39 is 10.0 Å². The molecular formula is C28H19ClN2O4S2. The first kappa shape index (κ1) is 24.8. The summed E-state index contributed by atoms with van der Waals surface area (Å²) in [6.07, 6.45) is 0. The quantitative estimate of drug-likeness (QED) is 0.272. The lowest BCUT2D eigenvalue weighted by molar-refractivity contribution is 0.0982. The molecule has 4 aromatic carbocycles. The van der Waals surface area contributed by atoms with Crippen LogP contribution in [0.4, 0.5) is 11.4 Å². The number of hydrogen-bond acceptors (Lipinski definition) is 6. The van der Waals surface area contributed by atoms with Crippen LogP contribution in [0.5, 0.6) is 0 Å². The van der Waals surface area contributed by atoms with Gasteiger partial charge in [0.25, 0.3) is 10.0 Å². The van der Waals surface area contributed by atoms with E-state index in [-0.39, 0.29) is 27.2 Å². The fourth-order valence-electron chi connectivity index (χ4n) is 3.75. The van der Waals surface area contributed by atoms with Crippen LogP contribution in [0.15, 0.2) is 129 Å². The highest BCUT2D eigenvalue weighted by atomic mass is 35.5. The summed E-state index contributed by atoms with van der Waals surface area (Å²) in [5.41, 5.74) is 1.75. The molecule has 6 nitrogen and oxygen atoms in total. The molecule has 0 aliphatic heterocycles. The van der Waals surface area contributed by atoms with Crippen LogP contribution in [0, 0.1) is 0 Å². The first-order chi connectivity index (χ1) is 17.8. The molecule has 184 valence electrons. The van der Waals surface area contributed by atoms with Gasteiger partial charge in [-0.25, -0.2) is 8.42 Å². The molecule has 0 fully saturated rings. The number of carbonyl (C=O) groups excluding carboxylic acids is 2. The third-order valence-corrected chi connectivity index (χ3v) is 8.36. The minimum absolute atomic E-state index is 0.0549. The maximum Gasteiger partial charge on any atom is 0.261 e. The van der Waals surface area contributed by atoms with Crippen LogP contribution in [0.25, 0.3) is 0 Å². The molecule has 37 heavy (non-hydrogen) atoms. The van der Waals surface area contributed by atoms with Gasteiger partial charge in [0.05, 0.1) is 4.90 Å². The first-order valence-corrected chi connectivity index (χ1v) is 13.8. The van der Waals surface area contributed by atoms with Crippen molar-refractivity contribution in [2.75, 3.05) is 10.0 Å². The summed E-state index contributed by atoms with van der Waals surface area (Å²) in [5, 5.41) is 2.85. The number of hydrogen-bond donors (Lipinski definition) is 2. The Morgan fingerprint density at radius 2 is 1.14 bits per heavy atom. The van der Waals surface area contributed by atoms with Crippen LogP contribution in [-0.2, 0) is 10.0 Å². The van der Waals surface area contributed by atoms with Gasteiger partial charge in [0.1, 0.15) is 10.7 Å². The number of halogens is 1. The summed E-state index contributed by atoms with van der Waals surface area (Å²) in [6, 6.07) is 29.2. The van der Waals surface area contributed by atoms with Crippen molar-refractivity contribution >= 4 is 56.3 Å². The van der Waals surface area contributed by atoms with E-state index >= 15 is 0 Å². The number of Topliss-reactive ketones (excluding diaryl/α,β-unsaturated/α-hetero) is 2. The number of carbonyl (C=O) groups is 2. The molecule has 0 amide bonds. The summed E-state index contributed by atoms with van der Waals surface area (Å²) >= 11 is 7.73. The molecule has 1 aliphatic rings. The van der Waals surface area contributed by atoms with E-state index in [0.29, 0.717) is 22.5 Å². The molecule has 0 unspecified atom stereocenters. The number of sulfonamides is 1. The number of ketones is 2. The predicted molar refractivity (Wildman–Crippen MR) is 146 cm³/mol. The fourth-order valence-corrected chi connectivity index (χ4v) is 5.88. The summed E-state index contributed by atoms with van der Waals surface area (Å²) in [6.45, 7) is 0. The third kappa shape index (κ3) is 5.32. The molecule has 0 saturated heterocycles. The van der Waals surface area contributed by atoms with Gasteiger partial charge in [-0.15, -0.1) is 0 Å². The summed E-state index contributed by atoms with van der Waals surface area (Å²) in [7, 11) is -3.65. The molecule has 9 heteroatoms. The Bertz CT molecular complexity index is 1630. The van der Waals surface area contributed by atoms with Gasteiger partial charge in [0.2, 0.25) is 11.6 Å². The Morgan fingerprint density at radius 1 is 0.622 bits per heavy atom. The van der Waals surface area contributed by atoms with Crippen molar-refractivity contribution in [2.45, 2.75) is 14.7 Å². The highest BCUT2D eigenvalue weighted by molar-refractivity contribution is 7.99. The molecule has 4 aromatic rings. The van der Waals surface area contributed by atoms with Crippen LogP contribution in [0.3, 0.4) is 0 Å². The van der Waals surface area contributed by atoms with Crippen LogP contribution in [0.2, 0.25) is 0 Å². The lowest BCUT2D eigenvalue weighted by atomic mass is 9.92. The van der Waals surface area contributed by atoms with Crippen molar-refractivity contribution < 1.29 is 18.0 Å². The van der Waals surface area contributed by atoms with E-state index in [2.05, 4.69) is 10.0 Å². The summed E-state index contributed by atoms with van der Waals surface area (Å²) in [4.78, 5) is 27.5. The zero-order valence-electron chi connectivity index (χ0n) is 19.1. The summed E-state index contributed by atoms with van der Waals surface area (Å²) in [5.74, 6) is -0.720. The van der Waals surface area contributed by atoms with Gasteiger partial charge in [0, 0.05) is 32.3 Å². The van der Waals surface area contributed by atoms with E-state index in [1.165, 1.54) is 23.9 Å². The van der Waals surface area contributed by atoms with Gasteiger partial charge < -0.3 is 5.32 Å². The fraction of sp³-hybridized carbons (Fsp3) is 0. The normalized spacial score (nSPS) is 13.3. The smallest absolute Gasteiger partial charge is 0.261 e. The topological polar surface area (TPSA) is 92.3 Å². The Morgan fingerprint density at radius 3 is 1.73 bits per heavy atom. The monoisotopic (exact) mass is 546 g/mol. The number of fused-ring (bicyclic) bond motifs is 1. The third-order valence-electron chi connectivity index (χ3n) is 5.58. The van der Waals surface area contributed by atoms with E-state index in [9.17, 15) is 18.0 Å². The SMILES string of the molecule is O=C1C(Cl)=C(Nc2ccc(Sc3ccc(NS(=O)(=O)c4ccccc4)cc3)cc2)C(=O)c2ccccc21. The lowest BCUT2D eigenvalue weighted by Crippen LogP contribution is -2.24. The minimum atomic E-state index is -3.65. The number of anilines is 2. The van der Waals surface area contributed by atoms with Gasteiger partial charge in [-0.2, -0.15) is 0 Å². The Hall–Kier alpha value is -3.85. The van der Waals surface area contributed by atoms with Crippen LogP contribution < -0.4 is 10.0 Å². The largest absolute Gasteiger partial charge is 0.351 e. The van der Waals surface area contributed by atoms with Gasteiger partial charge >= 0.3 is 0 Å². The standard InChI is InChI=1S/C28H19ClN2O4S2/c29-25-26(28(33)24-9-5-4-8-23(24)27(25)32)30-18-10-14-20(15-11-18)36-21-16-12-19(13-17-21)31-37(34,35)22-6-2-1-3-7-22/h1-17,30-31H. The van der Waals surface area contributed by atoms with Crippen molar-refractivity contribution in [3.63, 3.8) is 0 Å². The average molecular weight is 547 g/mol. The number of allylic oxidation sites excluding steroid dienone is 2. The predicted octanol–water partition coefficient (Wildman–Crippen LogP) is 6.58. The van der Waals surface area contributed by atoms with E-state index in [1.807, 2.05) is 24.3 Å². The van der Waals surface area contributed by atoms with Crippen molar-refractivity contribution in [3.8, 4) is 0 Å². The van der Waals surface area contributed by atoms with Gasteiger partial charge in [-0.1, -0.05) is 65.8 Å². The molecule has 0 saturated carbocycles. The van der Waals surface area contributed by atoms with Crippen molar-refractivity contribution in [2.24, 2.45) is 0 Å². The first-order valence-electron chi connectivity index (χ1n) is 11.1. The van der Waals surface area contributed by atoms with E-state index in [1.54, 1.807) is 66.7 Å². The summed E-state index contributed by atoms with van der Waals surface area (Å²) < 4.78 is 27.6. The van der Waals surface area contributed by atoms with Crippen LogP contribution >= 0.6 is 23.4 Å². The van der Waals surface area contributed by atoms with Crippen LogP contribution in [0.1, 0.15) is 20.7 Å². The zero-order chi connectivity index (χ0) is 26.0. The van der Waals surface area contributed by atoms with Crippen molar-refractivity contribution in [1.29, 1.82) is 0 Å².